The molecule has 0 unspecified atom stereocenters. The first-order valence-electron chi connectivity index (χ1n) is 2.54. The van der Waals surface area contributed by atoms with Gasteiger partial charge in [-0.05, 0) is 0 Å². The first-order valence-corrected chi connectivity index (χ1v) is 3.46. The van der Waals surface area contributed by atoms with Crippen molar-refractivity contribution in [2.75, 3.05) is 6.61 Å². The Morgan fingerprint density at radius 3 is 2.50 bits per heavy atom. The number of carboxylic acid groups (broad SMARTS) is 1. The average molecular weight is 211 g/mol. The molecule has 1 atom stereocenters. The third-order valence-electron chi connectivity index (χ3n) is 0.701. The van der Waals surface area contributed by atoms with Gasteiger partial charge in [0.15, 0.2) is 0 Å². The zero-order chi connectivity index (χ0) is 8.15. The van der Waals surface area contributed by atoms with E-state index in [9.17, 15) is 9.59 Å². The zero-order valence-corrected chi connectivity index (χ0v) is 6.92. The van der Waals surface area contributed by atoms with E-state index < -0.39 is 16.8 Å². The van der Waals surface area contributed by atoms with Gasteiger partial charge in [0.1, 0.15) is 11.4 Å². The van der Waals surface area contributed by atoms with E-state index in [2.05, 4.69) is 20.7 Å². The second-order valence-corrected chi connectivity index (χ2v) is 2.71. The van der Waals surface area contributed by atoms with Gasteiger partial charge in [0.05, 0.1) is 0 Å². The lowest BCUT2D eigenvalue weighted by Crippen LogP contribution is -2.20. The second kappa shape index (κ2) is 4.27. The number of carbonyl (C=O) groups is 2. The van der Waals surface area contributed by atoms with Crippen LogP contribution in [0.2, 0.25) is 0 Å². The molecule has 0 aliphatic heterocycles. The average Bonchev–Trinajstić information content (AvgIpc) is 1.82. The summed E-state index contributed by atoms with van der Waals surface area (Å²) in [5.74, 6) is -1.52. The zero-order valence-electron chi connectivity index (χ0n) is 5.33. The fourth-order valence-electron chi connectivity index (χ4n) is 0.262. The van der Waals surface area contributed by atoms with Crippen LogP contribution in [0.15, 0.2) is 0 Å². The Bertz CT molecular complexity index is 145. The summed E-state index contributed by atoms with van der Waals surface area (Å²) in [6, 6.07) is 0. The fourth-order valence-corrected chi connectivity index (χ4v) is 0.394. The molecular formula is C5H7BrO4. The molecule has 0 aliphatic carbocycles. The molecule has 0 saturated heterocycles. The Labute approximate surface area is 66.3 Å². The van der Waals surface area contributed by atoms with E-state index in [0.29, 0.717) is 0 Å². The molecule has 0 bridgehead atoms. The highest BCUT2D eigenvalue weighted by atomic mass is 79.9. The van der Waals surface area contributed by atoms with Gasteiger partial charge in [-0.1, -0.05) is 15.9 Å². The van der Waals surface area contributed by atoms with Crippen molar-refractivity contribution in [3.63, 3.8) is 0 Å². The minimum atomic E-state index is -1.04. The molecule has 0 rings (SSSR count). The number of carbonyl (C=O) groups excluding carboxylic acids is 1. The summed E-state index contributed by atoms with van der Waals surface area (Å²) >= 11 is 2.79. The maximum atomic E-state index is 10.1. The maximum Gasteiger partial charge on any atom is 0.320 e. The number of carboxylic acids is 1. The topological polar surface area (TPSA) is 63.6 Å². The number of ether oxygens (including phenoxy) is 1. The SMILES string of the molecule is CC(=O)OC[C@H](Br)C(=O)O. The molecule has 4 nitrogen and oxygen atoms in total. The van der Waals surface area contributed by atoms with E-state index in [1.165, 1.54) is 6.92 Å². The van der Waals surface area contributed by atoms with Gasteiger partial charge in [0.25, 0.3) is 0 Å². The van der Waals surface area contributed by atoms with Crippen molar-refractivity contribution in [3.05, 3.63) is 0 Å². The Morgan fingerprint density at radius 1 is 1.70 bits per heavy atom. The van der Waals surface area contributed by atoms with Crippen molar-refractivity contribution in [2.24, 2.45) is 0 Å². The van der Waals surface area contributed by atoms with Crippen LogP contribution in [0.4, 0.5) is 0 Å². The highest BCUT2D eigenvalue weighted by molar-refractivity contribution is 9.10. The van der Waals surface area contributed by atoms with E-state index in [1.807, 2.05) is 0 Å². The van der Waals surface area contributed by atoms with Crippen LogP contribution >= 0.6 is 15.9 Å². The summed E-state index contributed by atoms with van der Waals surface area (Å²) in [4.78, 5) is 19.4. The van der Waals surface area contributed by atoms with Crippen molar-refractivity contribution >= 4 is 27.9 Å². The van der Waals surface area contributed by atoms with E-state index in [-0.39, 0.29) is 6.61 Å². The summed E-state index contributed by atoms with van der Waals surface area (Å²) in [6.45, 7) is 1.09. The van der Waals surface area contributed by atoms with Crippen LogP contribution in [0, 0.1) is 0 Å². The summed E-state index contributed by atoms with van der Waals surface area (Å²) in [6.07, 6.45) is 0. The van der Waals surface area contributed by atoms with Crippen LogP contribution in [-0.4, -0.2) is 28.5 Å². The lowest BCUT2D eigenvalue weighted by molar-refractivity contribution is -0.143. The molecule has 0 aliphatic rings. The number of hydrogen-bond acceptors (Lipinski definition) is 3. The highest BCUT2D eigenvalue weighted by Gasteiger charge is 2.13. The number of rotatable bonds is 3. The Kier molecular flexibility index (Phi) is 4.02. The lowest BCUT2D eigenvalue weighted by atomic mass is 10.5. The first kappa shape index (κ1) is 9.42. The molecule has 0 amide bonds. The molecule has 0 aromatic carbocycles. The summed E-state index contributed by atoms with van der Waals surface area (Å²) in [7, 11) is 0. The summed E-state index contributed by atoms with van der Waals surface area (Å²) in [5.41, 5.74) is 0. The van der Waals surface area contributed by atoms with Crippen LogP contribution in [-0.2, 0) is 14.3 Å². The molecule has 5 heteroatoms. The molecule has 58 valence electrons. The predicted molar refractivity (Wildman–Crippen MR) is 37.0 cm³/mol. The van der Waals surface area contributed by atoms with Crippen molar-refractivity contribution < 1.29 is 19.4 Å². The third-order valence-corrected chi connectivity index (χ3v) is 1.36. The molecule has 1 N–H and O–H groups in total. The standard InChI is InChI=1S/C5H7BrO4/c1-3(7)10-2-4(6)5(8)9/h4H,2H2,1H3,(H,8,9)/t4-/m0/s1. The van der Waals surface area contributed by atoms with Gasteiger partial charge < -0.3 is 9.84 Å². The maximum absolute atomic E-state index is 10.1. The van der Waals surface area contributed by atoms with Crippen molar-refractivity contribution in [1.29, 1.82) is 0 Å². The summed E-state index contributed by atoms with van der Waals surface area (Å²) in [5, 5.41) is 8.26. The smallest absolute Gasteiger partial charge is 0.320 e. The van der Waals surface area contributed by atoms with E-state index in [0.717, 1.165) is 0 Å². The van der Waals surface area contributed by atoms with Crippen LogP contribution in [0.5, 0.6) is 0 Å². The van der Waals surface area contributed by atoms with Gasteiger partial charge in [-0.25, -0.2) is 0 Å². The number of halogens is 1. The normalized spacial score (nSPS) is 12.2. The van der Waals surface area contributed by atoms with Crippen LogP contribution in [0.3, 0.4) is 0 Å². The summed E-state index contributed by atoms with van der Waals surface area (Å²) < 4.78 is 4.40. The minimum Gasteiger partial charge on any atom is -0.480 e. The molecule has 0 aromatic rings. The highest BCUT2D eigenvalue weighted by Crippen LogP contribution is 1.99. The van der Waals surface area contributed by atoms with Gasteiger partial charge in [-0.2, -0.15) is 0 Å². The molecule has 0 fully saturated rings. The molecule has 0 heterocycles. The lowest BCUT2D eigenvalue weighted by Gasteiger charge is -2.02. The molecule has 0 aromatic heterocycles. The first-order chi connectivity index (χ1) is 4.54. The number of esters is 1. The van der Waals surface area contributed by atoms with Gasteiger partial charge in [0.2, 0.25) is 0 Å². The Morgan fingerprint density at radius 2 is 2.20 bits per heavy atom. The number of aliphatic carboxylic acids is 1. The Hall–Kier alpha value is -0.580. The van der Waals surface area contributed by atoms with Gasteiger partial charge in [-0.3, -0.25) is 9.59 Å². The van der Waals surface area contributed by atoms with E-state index >= 15 is 0 Å². The quantitative estimate of drug-likeness (QED) is 0.542. The van der Waals surface area contributed by atoms with Crippen LogP contribution < -0.4 is 0 Å². The van der Waals surface area contributed by atoms with Crippen LogP contribution in [0.1, 0.15) is 6.92 Å². The van der Waals surface area contributed by atoms with E-state index in [1.54, 1.807) is 0 Å². The number of alkyl halides is 1. The molecule has 0 radical (unpaired) electrons. The third kappa shape index (κ3) is 4.31. The molecule has 10 heavy (non-hydrogen) atoms. The van der Waals surface area contributed by atoms with Gasteiger partial charge in [-0.15, -0.1) is 0 Å². The number of hydrogen-bond donors (Lipinski definition) is 1. The molecule has 0 spiro atoms. The monoisotopic (exact) mass is 210 g/mol. The van der Waals surface area contributed by atoms with Crippen molar-refractivity contribution in [3.8, 4) is 0 Å². The Balaban J connectivity index is 3.49. The largest absolute Gasteiger partial charge is 0.480 e. The fraction of sp³-hybridized carbons (Fsp3) is 0.600. The van der Waals surface area contributed by atoms with E-state index in [4.69, 9.17) is 5.11 Å². The van der Waals surface area contributed by atoms with Crippen LogP contribution in [0.25, 0.3) is 0 Å². The minimum absolute atomic E-state index is 0.134. The predicted octanol–water partition coefficient (Wildman–Crippen LogP) is 0.398. The molecule has 0 saturated carbocycles. The second-order valence-electron chi connectivity index (χ2n) is 1.61. The van der Waals surface area contributed by atoms with Gasteiger partial charge >= 0.3 is 11.9 Å². The van der Waals surface area contributed by atoms with Gasteiger partial charge in [0, 0.05) is 6.92 Å². The van der Waals surface area contributed by atoms with Crippen molar-refractivity contribution in [2.45, 2.75) is 11.8 Å². The molecular weight excluding hydrogens is 204 g/mol. The van der Waals surface area contributed by atoms with Crippen molar-refractivity contribution in [1.82, 2.24) is 0 Å².